The summed E-state index contributed by atoms with van der Waals surface area (Å²) in [7, 11) is 0. The standard InChI is InChI=1S/C30H47NO11/c1-10-19(4)17-37-26(33)38-20(5)18-36-25(32)22(31)15-21-13-14-23(39-27(34)41-29(6,7)11-2)24(16-21)40-28(35)42-30(8,9)12-3/h13-14,16,19-20,22H,10-12,15,17-18,31H2,1-9H3/t19?,20-,22-/m0/s1. The predicted molar refractivity (Wildman–Crippen MR) is 153 cm³/mol. The second kappa shape index (κ2) is 16.8. The zero-order valence-corrected chi connectivity index (χ0v) is 26.3. The second-order valence-corrected chi connectivity index (χ2v) is 11.4. The van der Waals surface area contributed by atoms with Crippen LogP contribution in [0.4, 0.5) is 14.4 Å². The largest absolute Gasteiger partial charge is 0.514 e. The summed E-state index contributed by atoms with van der Waals surface area (Å²) in [5.41, 5.74) is 4.95. The van der Waals surface area contributed by atoms with Crippen molar-refractivity contribution < 1.29 is 52.3 Å². The average Bonchev–Trinajstić information content (AvgIpc) is 2.90. The summed E-state index contributed by atoms with van der Waals surface area (Å²) in [5.74, 6) is -0.764. The lowest BCUT2D eigenvalue weighted by atomic mass is 10.1. The van der Waals surface area contributed by atoms with Crippen molar-refractivity contribution in [1.29, 1.82) is 0 Å². The van der Waals surface area contributed by atoms with Crippen molar-refractivity contribution in [3.05, 3.63) is 23.8 Å². The van der Waals surface area contributed by atoms with Crippen LogP contribution in [0, 0.1) is 5.92 Å². The molecule has 0 spiro atoms. The van der Waals surface area contributed by atoms with Crippen molar-refractivity contribution in [1.82, 2.24) is 0 Å². The van der Waals surface area contributed by atoms with Gasteiger partial charge in [0, 0.05) is 0 Å². The molecule has 0 heterocycles. The van der Waals surface area contributed by atoms with E-state index in [0.29, 0.717) is 18.4 Å². The Bertz CT molecular complexity index is 1050. The van der Waals surface area contributed by atoms with Gasteiger partial charge in [-0.1, -0.05) is 40.2 Å². The molecule has 1 aromatic carbocycles. The number of ether oxygens (including phenoxy) is 7. The topological polar surface area (TPSA) is 159 Å². The van der Waals surface area contributed by atoms with E-state index in [2.05, 4.69) is 0 Å². The van der Waals surface area contributed by atoms with Crippen molar-refractivity contribution >= 4 is 24.4 Å². The van der Waals surface area contributed by atoms with Gasteiger partial charge in [-0.15, -0.1) is 0 Å². The van der Waals surface area contributed by atoms with Crippen LogP contribution in [0.2, 0.25) is 0 Å². The van der Waals surface area contributed by atoms with Crippen LogP contribution < -0.4 is 15.2 Å². The molecule has 1 aromatic rings. The van der Waals surface area contributed by atoms with Gasteiger partial charge in [0.2, 0.25) is 0 Å². The highest BCUT2D eigenvalue weighted by Crippen LogP contribution is 2.31. The Labute approximate surface area is 248 Å². The summed E-state index contributed by atoms with van der Waals surface area (Å²) < 4.78 is 36.6. The monoisotopic (exact) mass is 597 g/mol. The Morgan fingerprint density at radius 2 is 1.33 bits per heavy atom. The van der Waals surface area contributed by atoms with E-state index in [-0.39, 0.29) is 37.1 Å². The van der Waals surface area contributed by atoms with Crippen molar-refractivity contribution in [3.63, 3.8) is 0 Å². The number of rotatable bonds is 15. The van der Waals surface area contributed by atoms with Crippen LogP contribution in [0.1, 0.15) is 87.1 Å². The fourth-order valence-corrected chi connectivity index (χ4v) is 2.86. The van der Waals surface area contributed by atoms with Gasteiger partial charge in [-0.25, -0.2) is 14.4 Å². The highest BCUT2D eigenvalue weighted by atomic mass is 16.8. The Kier molecular flexibility index (Phi) is 14.6. The third kappa shape index (κ3) is 13.9. The van der Waals surface area contributed by atoms with E-state index in [1.165, 1.54) is 12.1 Å². The number of hydrogen-bond acceptors (Lipinski definition) is 12. The fourth-order valence-electron chi connectivity index (χ4n) is 2.86. The van der Waals surface area contributed by atoms with Crippen LogP contribution in [0.3, 0.4) is 0 Å². The number of carbonyl (C=O) groups is 4. The Morgan fingerprint density at radius 1 is 0.786 bits per heavy atom. The summed E-state index contributed by atoms with van der Waals surface area (Å²) >= 11 is 0. The van der Waals surface area contributed by atoms with Crippen LogP contribution in [-0.2, 0) is 34.9 Å². The molecule has 3 atom stereocenters. The number of esters is 1. The third-order valence-electron chi connectivity index (χ3n) is 6.52. The summed E-state index contributed by atoms with van der Waals surface area (Å²) in [6.45, 7) is 16.1. The van der Waals surface area contributed by atoms with E-state index in [4.69, 9.17) is 38.9 Å². The summed E-state index contributed by atoms with van der Waals surface area (Å²) in [5, 5.41) is 0. The first-order valence-electron chi connectivity index (χ1n) is 14.2. The van der Waals surface area contributed by atoms with E-state index in [0.717, 1.165) is 6.42 Å². The molecule has 0 amide bonds. The van der Waals surface area contributed by atoms with Gasteiger partial charge in [0.05, 0.1) is 6.61 Å². The molecule has 0 aliphatic rings. The van der Waals surface area contributed by atoms with Gasteiger partial charge in [0.15, 0.2) is 11.5 Å². The lowest BCUT2D eigenvalue weighted by Crippen LogP contribution is -2.36. The van der Waals surface area contributed by atoms with Crippen molar-refractivity contribution in [2.45, 2.75) is 111 Å². The normalized spacial score (nSPS) is 13.7. The van der Waals surface area contributed by atoms with Crippen LogP contribution in [0.5, 0.6) is 11.5 Å². The Morgan fingerprint density at radius 3 is 1.86 bits per heavy atom. The molecular weight excluding hydrogens is 550 g/mol. The molecule has 0 aliphatic heterocycles. The third-order valence-corrected chi connectivity index (χ3v) is 6.52. The molecule has 0 aromatic heterocycles. The number of carbonyl (C=O) groups excluding carboxylic acids is 4. The molecule has 0 saturated heterocycles. The van der Waals surface area contributed by atoms with Crippen LogP contribution >= 0.6 is 0 Å². The highest BCUT2D eigenvalue weighted by Gasteiger charge is 2.27. The first-order chi connectivity index (χ1) is 19.5. The van der Waals surface area contributed by atoms with Gasteiger partial charge in [-0.05, 0) is 77.5 Å². The number of nitrogens with two attached hydrogens (primary N) is 1. The molecule has 0 fully saturated rings. The van der Waals surface area contributed by atoms with Gasteiger partial charge >= 0.3 is 24.4 Å². The lowest BCUT2D eigenvalue weighted by Gasteiger charge is -2.24. The maximum absolute atomic E-state index is 12.5. The minimum Gasteiger partial charge on any atom is -0.461 e. The van der Waals surface area contributed by atoms with Crippen molar-refractivity contribution in [3.8, 4) is 11.5 Å². The van der Waals surface area contributed by atoms with E-state index < -0.39 is 47.8 Å². The Balaban J connectivity index is 2.91. The molecule has 0 saturated carbocycles. The molecule has 12 nitrogen and oxygen atoms in total. The van der Waals surface area contributed by atoms with Crippen molar-refractivity contribution in [2.75, 3.05) is 13.2 Å². The summed E-state index contributed by atoms with van der Waals surface area (Å²) in [6.07, 6.45) is -1.67. The zero-order chi connectivity index (χ0) is 32.1. The lowest BCUT2D eigenvalue weighted by molar-refractivity contribution is -0.148. The predicted octanol–water partition coefficient (Wildman–Crippen LogP) is 6.10. The quantitative estimate of drug-likeness (QED) is 0.141. The molecular formula is C30H47NO11. The van der Waals surface area contributed by atoms with Gasteiger partial charge in [0.1, 0.15) is 30.0 Å². The number of benzene rings is 1. The summed E-state index contributed by atoms with van der Waals surface area (Å²) in [4.78, 5) is 49.2. The van der Waals surface area contributed by atoms with Gasteiger partial charge < -0.3 is 38.9 Å². The van der Waals surface area contributed by atoms with Gasteiger partial charge in [0.25, 0.3) is 0 Å². The number of hydrogen-bond donors (Lipinski definition) is 1. The van der Waals surface area contributed by atoms with Crippen LogP contribution in [0.15, 0.2) is 18.2 Å². The van der Waals surface area contributed by atoms with Crippen LogP contribution in [-0.4, -0.2) is 61.0 Å². The van der Waals surface area contributed by atoms with E-state index in [9.17, 15) is 19.2 Å². The molecule has 12 heteroatoms. The highest BCUT2D eigenvalue weighted by molar-refractivity contribution is 5.76. The van der Waals surface area contributed by atoms with Gasteiger partial charge in [-0.2, -0.15) is 0 Å². The zero-order valence-electron chi connectivity index (χ0n) is 26.3. The fraction of sp³-hybridized carbons (Fsp3) is 0.667. The van der Waals surface area contributed by atoms with E-state index in [1.807, 2.05) is 27.7 Å². The van der Waals surface area contributed by atoms with Crippen molar-refractivity contribution in [2.24, 2.45) is 11.7 Å². The van der Waals surface area contributed by atoms with E-state index >= 15 is 0 Å². The maximum atomic E-state index is 12.5. The first-order valence-corrected chi connectivity index (χ1v) is 14.2. The molecule has 0 bridgehead atoms. The smallest absolute Gasteiger partial charge is 0.461 e. The molecule has 0 aliphatic carbocycles. The minimum atomic E-state index is -1.10. The second-order valence-electron chi connectivity index (χ2n) is 11.4. The Hall–Kier alpha value is -3.54. The minimum absolute atomic E-state index is 0.00945. The molecule has 0 radical (unpaired) electrons. The first kappa shape index (κ1) is 36.5. The average molecular weight is 598 g/mol. The van der Waals surface area contributed by atoms with Gasteiger partial charge in [-0.3, -0.25) is 4.79 Å². The van der Waals surface area contributed by atoms with E-state index in [1.54, 1.807) is 40.7 Å². The summed E-state index contributed by atoms with van der Waals surface area (Å²) in [6, 6.07) is 3.24. The molecule has 2 N–H and O–H groups in total. The molecule has 1 unspecified atom stereocenters. The molecule has 42 heavy (non-hydrogen) atoms. The molecule has 1 rings (SSSR count). The molecule has 238 valence electrons. The SMILES string of the molecule is CCC(C)COC(=O)O[C@@H](C)COC(=O)[C@@H](N)Cc1ccc(OC(=O)OC(C)(C)CC)c(OC(=O)OC(C)(C)CC)c1. The van der Waals surface area contributed by atoms with Crippen LogP contribution in [0.25, 0.3) is 0 Å². The maximum Gasteiger partial charge on any atom is 0.514 e.